The van der Waals surface area contributed by atoms with Gasteiger partial charge in [-0.2, -0.15) is 0 Å². The molecule has 1 aromatic carbocycles. The highest BCUT2D eigenvalue weighted by molar-refractivity contribution is 6.30. The van der Waals surface area contributed by atoms with Gasteiger partial charge in [-0.1, -0.05) is 11.6 Å². The fraction of sp³-hybridized carbons (Fsp3) is 0.562. The molecule has 0 spiro atoms. The number of methoxy groups -OCH3 is 1. The lowest BCUT2D eigenvalue weighted by atomic mass is 10.0. The quantitative estimate of drug-likeness (QED) is 0.901. The minimum absolute atomic E-state index is 0.0127. The van der Waals surface area contributed by atoms with E-state index in [1.165, 1.54) is 0 Å². The Morgan fingerprint density at radius 1 is 1.50 bits per heavy atom. The zero-order chi connectivity index (χ0) is 16.3. The summed E-state index contributed by atoms with van der Waals surface area (Å²) >= 11 is 6.10. The van der Waals surface area contributed by atoms with Crippen molar-refractivity contribution in [1.29, 1.82) is 0 Å². The number of benzene rings is 1. The van der Waals surface area contributed by atoms with E-state index in [1.54, 1.807) is 13.2 Å². The fourth-order valence-corrected chi connectivity index (χ4v) is 3.17. The van der Waals surface area contributed by atoms with Crippen LogP contribution in [0.3, 0.4) is 0 Å². The molecule has 0 radical (unpaired) electrons. The summed E-state index contributed by atoms with van der Waals surface area (Å²) < 4.78 is 11.1. The largest absolute Gasteiger partial charge is 0.497 e. The van der Waals surface area contributed by atoms with E-state index in [0.717, 1.165) is 17.9 Å². The summed E-state index contributed by atoms with van der Waals surface area (Å²) in [6.45, 7) is 5.96. The number of morpholine rings is 1. The van der Waals surface area contributed by atoms with Crippen LogP contribution in [0.4, 0.5) is 0 Å². The summed E-state index contributed by atoms with van der Waals surface area (Å²) in [4.78, 5) is 13.1. The van der Waals surface area contributed by atoms with Gasteiger partial charge in [-0.15, -0.1) is 0 Å². The third kappa shape index (κ3) is 4.87. The van der Waals surface area contributed by atoms with Crippen molar-refractivity contribution in [2.24, 2.45) is 0 Å². The van der Waals surface area contributed by atoms with Crippen LogP contribution in [-0.4, -0.2) is 47.9 Å². The van der Waals surface area contributed by atoms with Gasteiger partial charge in [-0.25, -0.2) is 0 Å². The summed E-state index contributed by atoms with van der Waals surface area (Å²) in [6.07, 6.45) is -0.291. The molecule has 0 bridgehead atoms. The Morgan fingerprint density at radius 2 is 2.23 bits per heavy atom. The lowest BCUT2D eigenvalue weighted by Crippen LogP contribution is -2.52. The van der Waals surface area contributed by atoms with Gasteiger partial charge in [0.15, 0.2) is 0 Å². The maximum absolute atomic E-state index is 10.9. The minimum atomic E-state index is -0.841. The summed E-state index contributed by atoms with van der Waals surface area (Å²) in [5.74, 6) is -0.121. The first-order chi connectivity index (χ1) is 10.3. The van der Waals surface area contributed by atoms with E-state index < -0.39 is 5.97 Å². The zero-order valence-electron chi connectivity index (χ0n) is 13.1. The van der Waals surface area contributed by atoms with Gasteiger partial charge in [0.05, 0.1) is 25.2 Å². The van der Waals surface area contributed by atoms with E-state index >= 15 is 0 Å². The van der Waals surface area contributed by atoms with Crippen LogP contribution in [0.1, 0.15) is 25.8 Å². The van der Waals surface area contributed by atoms with E-state index in [9.17, 15) is 4.79 Å². The van der Waals surface area contributed by atoms with Crippen LogP contribution in [0, 0.1) is 0 Å². The number of carbonyl (C=O) groups is 1. The Kier molecular flexibility index (Phi) is 5.32. The molecule has 0 amide bonds. The smallest absolute Gasteiger partial charge is 0.306 e. The highest BCUT2D eigenvalue weighted by Crippen LogP contribution is 2.26. The van der Waals surface area contributed by atoms with Gasteiger partial charge in [-0.05, 0) is 37.6 Å². The Hall–Kier alpha value is -1.30. The molecule has 1 heterocycles. The highest BCUT2D eigenvalue weighted by Gasteiger charge is 2.34. The maximum Gasteiger partial charge on any atom is 0.306 e. The summed E-state index contributed by atoms with van der Waals surface area (Å²) in [5, 5.41) is 9.61. The third-order valence-electron chi connectivity index (χ3n) is 3.53. The van der Waals surface area contributed by atoms with Crippen molar-refractivity contribution in [3.8, 4) is 5.75 Å². The first-order valence-corrected chi connectivity index (χ1v) is 7.60. The Morgan fingerprint density at radius 3 is 2.86 bits per heavy atom. The van der Waals surface area contributed by atoms with Crippen LogP contribution in [0.15, 0.2) is 18.2 Å². The molecule has 1 unspecified atom stereocenters. The Bertz CT molecular complexity index is 547. The standard InChI is InChI=1S/C16H22ClNO4/c1-16(2)10-18(9-14(22-16)7-15(19)20)8-11-4-12(17)6-13(5-11)21-3/h4-6,14H,7-10H2,1-3H3,(H,19,20). The molecule has 1 atom stereocenters. The van der Waals surface area contributed by atoms with Gasteiger partial charge < -0.3 is 14.6 Å². The van der Waals surface area contributed by atoms with Gasteiger partial charge in [0.1, 0.15) is 5.75 Å². The molecule has 122 valence electrons. The molecule has 1 aromatic rings. The molecule has 1 aliphatic heterocycles. The lowest BCUT2D eigenvalue weighted by Gasteiger charge is -2.42. The normalized spacial score (nSPS) is 21.5. The van der Waals surface area contributed by atoms with E-state index in [1.807, 2.05) is 26.0 Å². The monoisotopic (exact) mass is 327 g/mol. The van der Waals surface area contributed by atoms with Crippen molar-refractivity contribution in [2.45, 2.75) is 38.5 Å². The van der Waals surface area contributed by atoms with Gasteiger partial charge >= 0.3 is 5.97 Å². The van der Waals surface area contributed by atoms with Crippen molar-refractivity contribution in [3.05, 3.63) is 28.8 Å². The second-order valence-corrected chi connectivity index (χ2v) is 6.70. The number of hydrogen-bond donors (Lipinski definition) is 1. The molecule has 5 nitrogen and oxygen atoms in total. The van der Waals surface area contributed by atoms with E-state index in [0.29, 0.717) is 18.1 Å². The molecule has 22 heavy (non-hydrogen) atoms. The Labute approximate surface area is 135 Å². The molecule has 6 heteroatoms. The molecule has 0 saturated carbocycles. The fourth-order valence-electron chi connectivity index (χ4n) is 2.93. The van der Waals surface area contributed by atoms with Crippen LogP contribution in [0.25, 0.3) is 0 Å². The second-order valence-electron chi connectivity index (χ2n) is 6.27. The van der Waals surface area contributed by atoms with Crippen molar-refractivity contribution < 1.29 is 19.4 Å². The van der Waals surface area contributed by atoms with E-state index in [-0.39, 0.29) is 18.1 Å². The summed E-state index contributed by atoms with van der Waals surface area (Å²) in [6, 6.07) is 5.61. The summed E-state index contributed by atoms with van der Waals surface area (Å²) in [7, 11) is 1.61. The lowest BCUT2D eigenvalue weighted by molar-refractivity contribution is -0.158. The van der Waals surface area contributed by atoms with Crippen LogP contribution in [0.5, 0.6) is 5.75 Å². The highest BCUT2D eigenvalue weighted by atomic mass is 35.5. The van der Waals surface area contributed by atoms with Gasteiger partial charge in [-0.3, -0.25) is 9.69 Å². The average molecular weight is 328 g/mol. The van der Waals surface area contributed by atoms with Crippen molar-refractivity contribution >= 4 is 17.6 Å². The number of halogens is 1. The average Bonchev–Trinajstić information content (AvgIpc) is 2.34. The number of rotatable bonds is 5. The molecule has 1 N–H and O–H groups in total. The van der Waals surface area contributed by atoms with Crippen molar-refractivity contribution in [1.82, 2.24) is 4.90 Å². The molecular formula is C16H22ClNO4. The number of hydrogen-bond acceptors (Lipinski definition) is 4. The second kappa shape index (κ2) is 6.86. The van der Waals surface area contributed by atoms with E-state index in [4.69, 9.17) is 26.2 Å². The number of nitrogens with zero attached hydrogens (tertiary/aromatic N) is 1. The number of carboxylic acids is 1. The van der Waals surface area contributed by atoms with Crippen LogP contribution in [0.2, 0.25) is 5.02 Å². The Balaban J connectivity index is 2.10. The van der Waals surface area contributed by atoms with Crippen molar-refractivity contribution in [2.75, 3.05) is 20.2 Å². The zero-order valence-corrected chi connectivity index (χ0v) is 13.9. The predicted octanol–water partition coefficient (Wildman–Crippen LogP) is 2.80. The predicted molar refractivity (Wildman–Crippen MR) is 84.5 cm³/mol. The summed E-state index contributed by atoms with van der Waals surface area (Å²) in [5.41, 5.74) is 0.664. The molecular weight excluding hydrogens is 306 g/mol. The molecule has 1 saturated heterocycles. The molecule has 0 aliphatic carbocycles. The van der Waals surface area contributed by atoms with Crippen LogP contribution >= 0.6 is 11.6 Å². The van der Waals surface area contributed by atoms with Gasteiger partial charge in [0.2, 0.25) is 0 Å². The minimum Gasteiger partial charge on any atom is -0.497 e. The number of ether oxygens (including phenoxy) is 2. The SMILES string of the molecule is COc1cc(Cl)cc(CN2CC(CC(=O)O)OC(C)(C)C2)c1. The van der Waals surface area contributed by atoms with Gasteiger partial charge in [0, 0.05) is 24.7 Å². The third-order valence-corrected chi connectivity index (χ3v) is 3.75. The molecule has 2 rings (SSSR count). The first kappa shape index (κ1) is 17.1. The van der Waals surface area contributed by atoms with Crippen LogP contribution in [-0.2, 0) is 16.1 Å². The number of aliphatic carboxylic acids is 1. The first-order valence-electron chi connectivity index (χ1n) is 7.23. The van der Waals surface area contributed by atoms with Crippen LogP contribution < -0.4 is 4.74 Å². The topological polar surface area (TPSA) is 59.0 Å². The maximum atomic E-state index is 10.9. The number of carboxylic acid groups (broad SMARTS) is 1. The van der Waals surface area contributed by atoms with Gasteiger partial charge in [0.25, 0.3) is 0 Å². The van der Waals surface area contributed by atoms with E-state index in [2.05, 4.69) is 4.90 Å². The molecule has 1 fully saturated rings. The molecule has 0 aromatic heterocycles. The molecule has 1 aliphatic rings. The van der Waals surface area contributed by atoms with Crippen molar-refractivity contribution in [3.63, 3.8) is 0 Å².